The second-order valence-corrected chi connectivity index (χ2v) is 5.31. The van der Waals surface area contributed by atoms with Crippen LogP contribution in [0.3, 0.4) is 0 Å². The van der Waals surface area contributed by atoms with E-state index in [1.165, 1.54) is 6.07 Å². The highest BCUT2D eigenvalue weighted by Gasteiger charge is 2.25. The van der Waals surface area contributed by atoms with Crippen LogP contribution in [0.25, 0.3) is 0 Å². The van der Waals surface area contributed by atoms with Crippen LogP contribution in [0.1, 0.15) is 37.0 Å². The molecular weight excluding hydrogens is 273 g/mol. The van der Waals surface area contributed by atoms with Gasteiger partial charge in [-0.3, -0.25) is 4.79 Å². The van der Waals surface area contributed by atoms with Crippen LogP contribution in [-0.2, 0) is 4.74 Å². The van der Waals surface area contributed by atoms with Crippen LogP contribution in [0.15, 0.2) is 12.3 Å². The minimum Gasteiger partial charge on any atom is -0.378 e. The molecule has 1 saturated heterocycles. The Hall–Kier alpha value is -1.69. The number of anilines is 1. The lowest BCUT2D eigenvalue weighted by atomic mass is 10.0. The normalized spacial score (nSPS) is 21.3. The lowest BCUT2D eigenvalue weighted by Gasteiger charge is -2.16. The number of hydrogen-bond donors (Lipinski definition) is 2. The summed E-state index contributed by atoms with van der Waals surface area (Å²) in [6.07, 6.45) is 3.09. The highest BCUT2D eigenvalue weighted by molar-refractivity contribution is 5.98. The smallest absolute Gasteiger partial charge is 0.255 e. The van der Waals surface area contributed by atoms with E-state index in [0.29, 0.717) is 24.8 Å². The zero-order valence-corrected chi connectivity index (χ0v) is 12.5. The Morgan fingerprint density at radius 3 is 3.05 bits per heavy atom. The third kappa shape index (κ3) is 4.14. The van der Waals surface area contributed by atoms with Crippen LogP contribution in [-0.4, -0.2) is 36.7 Å². The number of carbonyl (C=O) groups excluding carboxylic acids is 1. The quantitative estimate of drug-likeness (QED) is 0.844. The average molecular weight is 295 g/mol. The van der Waals surface area contributed by atoms with E-state index in [1.54, 1.807) is 0 Å². The van der Waals surface area contributed by atoms with Gasteiger partial charge in [0.05, 0.1) is 17.9 Å². The molecule has 5 nitrogen and oxygen atoms in total. The molecule has 2 atom stereocenters. The molecule has 1 amide bonds. The Morgan fingerprint density at radius 1 is 1.57 bits per heavy atom. The fourth-order valence-corrected chi connectivity index (χ4v) is 2.36. The van der Waals surface area contributed by atoms with E-state index in [-0.39, 0.29) is 17.6 Å². The number of carbonyl (C=O) groups is 1. The van der Waals surface area contributed by atoms with Crippen LogP contribution in [0.4, 0.5) is 10.2 Å². The van der Waals surface area contributed by atoms with Gasteiger partial charge >= 0.3 is 0 Å². The van der Waals surface area contributed by atoms with Crippen molar-refractivity contribution in [3.05, 3.63) is 23.6 Å². The number of ether oxygens (including phenoxy) is 1. The van der Waals surface area contributed by atoms with Crippen LogP contribution in [0, 0.1) is 11.7 Å². The molecule has 21 heavy (non-hydrogen) atoms. The highest BCUT2D eigenvalue weighted by atomic mass is 19.1. The van der Waals surface area contributed by atoms with Gasteiger partial charge in [0.15, 0.2) is 0 Å². The minimum absolute atomic E-state index is 0.147. The number of aromatic nitrogens is 1. The van der Waals surface area contributed by atoms with Crippen molar-refractivity contribution in [3.8, 4) is 0 Å². The lowest BCUT2D eigenvalue weighted by Crippen LogP contribution is -2.32. The number of pyridine rings is 1. The van der Waals surface area contributed by atoms with Gasteiger partial charge in [-0.25, -0.2) is 9.37 Å². The molecule has 2 unspecified atom stereocenters. The summed E-state index contributed by atoms with van der Waals surface area (Å²) in [6, 6.07) is 1.22. The lowest BCUT2D eigenvalue weighted by molar-refractivity contribution is 0.0907. The zero-order chi connectivity index (χ0) is 15.2. The molecule has 1 aliphatic rings. The zero-order valence-electron chi connectivity index (χ0n) is 12.5. The number of nitrogens with zero attached hydrogens (tertiary/aromatic N) is 1. The number of amides is 1. The van der Waals surface area contributed by atoms with Crippen molar-refractivity contribution >= 4 is 11.7 Å². The van der Waals surface area contributed by atoms with Crippen molar-refractivity contribution in [2.45, 2.75) is 32.8 Å². The van der Waals surface area contributed by atoms with Gasteiger partial charge in [-0.15, -0.1) is 0 Å². The first-order valence-corrected chi connectivity index (χ1v) is 7.41. The predicted octanol–water partition coefficient (Wildman–Crippen LogP) is 2.20. The molecule has 1 fully saturated rings. The molecule has 1 aromatic rings. The molecule has 0 spiro atoms. The summed E-state index contributed by atoms with van der Waals surface area (Å²) in [4.78, 5) is 16.2. The van der Waals surface area contributed by atoms with Gasteiger partial charge in [0.25, 0.3) is 5.91 Å². The second-order valence-electron chi connectivity index (χ2n) is 5.31. The maximum Gasteiger partial charge on any atom is 0.255 e. The number of halogens is 1. The molecule has 6 heteroatoms. The summed E-state index contributed by atoms with van der Waals surface area (Å²) >= 11 is 0. The summed E-state index contributed by atoms with van der Waals surface area (Å²) in [5.41, 5.74) is 0.245. The summed E-state index contributed by atoms with van der Waals surface area (Å²) in [5, 5.41) is 5.89. The van der Waals surface area contributed by atoms with E-state index < -0.39 is 5.82 Å². The molecule has 0 aliphatic carbocycles. The Kier molecular flexibility index (Phi) is 5.50. The Labute approximate surface area is 124 Å². The third-order valence-electron chi connectivity index (χ3n) is 3.70. The third-order valence-corrected chi connectivity index (χ3v) is 3.70. The first-order valence-electron chi connectivity index (χ1n) is 7.41. The molecule has 116 valence electrons. The summed E-state index contributed by atoms with van der Waals surface area (Å²) in [6.45, 7) is 5.96. The van der Waals surface area contributed by atoms with Crippen molar-refractivity contribution in [2.75, 3.05) is 25.0 Å². The molecule has 1 aromatic heterocycles. The van der Waals surface area contributed by atoms with Crippen molar-refractivity contribution in [2.24, 2.45) is 5.92 Å². The molecule has 1 aliphatic heterocycles. The molecule has 2 rings (SSSR count). The van der Waals surface area contributed by atoms with Crippen LogP contribution < -0.4 is 10.6 Å². The SMILES string of the molecule is CCCNc1ncc(F)cc1C(=O)NCC1CCOC1C. The molecule has 2 heterocycles. The van der Waals surface area contributed by atoms with Gasteiger partial charge in [0.2, 0.25) is 0 Å². The topological polar surface area (TPSA) is 63.2 Å². The van der Waals surface area contributed by atoms with Crippen LogP contribution in [0.5, 0.6) is 0 Å². The maximum absolute atomic E-state index is 13.3. The summed E-state index contributed by atoms with van der Waals surface area (Å²) in [5.74, 6) is -0.0894. The van der Waals surface area contributed by atoms with Crippen LogP contribution in [0.2, 0.25) is 0 Å². The average Bonchev–Trinajstić information content (AvgIpc) is 2.88. The van der Waals surface area contributed by atoms with Crippen molar-refractivity contribution in [1.29, 1.82) is 0 Å². The number of nitrogens with one attached hydrogen (secondary N) is 2. The molecule has 0 radical (unpaired) electrons. The van der Waals surface area contributed by atoms with Crippen molar-refractivity contribution < 1.29 is 13.9 Å². The van der Waals surface area contributed by atoms with E-state index in [2.05, 4.69) is 15.6 Å². The van der Waals surface area contributed by atoms with Gasteiger partial charge in [-0.05, 0) is 25.8 Å². The van der Waals surface area contributed by atoms with E-state index in [4.69, 9.17) is 4.74 Å². The summed E-state index contributed by atoms with van der Waals surface area (Å²) in [7, 11) is 0. The first-order chi connectivity index (χ1) is 10.1. The monoisotopic (exact) mass is 295 g/mol. The molecular formula is C15H22FN3O2. The molecule has 0 saturated carbocycles. The van der Waals surface area contributed by atoms with E-state index in [0.717, 1.165) is 25.6 Å². The number of rotatable bonds is 6. The maximum atomic E-state index is 13.3. The van der Waals surface area contributed by atoms with Crippen molar-refractivity contribution in [3.63, 3.8) is 0 Å². The van der Waals surface area contributed by atoms with Gasteiger partial charge in [-0.1, -0.05) is 6.92 Å². The van der Waals surface area contributed by atoms with Gasteiger partial charge in [0, 0.05) is 25.6 Å². The standard InChI is InChI=1S/C15H22FN3O2/c1-3-5-17-14-13(7-12(16)9-18-14)15(20)19-8-11-4-6-21-10(11)2/h7,9-11H,3-6,8H2,1-2H3,(H,17,18)(H,19,20). The molecule has 0 bridgehead atoms. The largest absolute Gasteiger partial charge is 0.378 e. The minimum atomic E-state index is -0.514. The predicted molar refractivity (Wildman–Crippen MR) is 78.8 cm³/mol. The van der Waals surface area contributed by atoms with E-state index in [9.17, 15) is 9.18 Å². The Balaban J connectivity index is 2.01. The fraction of sp³-hybridized carbons (Fsp3) is 0.600. The van der Waals surface area contributed by atoms with Crippen LogP contribution >= 0.6 is 0 Å². The molecule has 2 N–H and O–H groups in total. The highest BCUT2D eigenvalue weighted by Crippen LogP contribution is 2.20. The van der Waals surface area contributed by atoms with Gasteiger partial charge in [0.1, 0.15) is 11.6 Å². The van der Waals surface area contributed by atoms with Crippen molar-refractivity contribution in [1.82, 2.24) is 10.3 Å². The fourth-order valence-electron chi connectivity index (χ4n) is 2.36. The van der Waals surface area contributed by atoms with E-state index >= 15 is 0 Å². The van der Waals surface area contributed by atoms with Gasteiger partial charge < -0.3 is 15.4 Å². The van der Waals surface area contributed by atoms with E-state index in [1.807, 2.05) is 13.8 Å². The first kappa shape index (κ1) is 15.7. The second kappa shape index (κ2) is 7.36. The summed E-state index contributed by atoms with van der Waals surface area (Å²) < 4.78 is 18.8. The Bertz CT molecular complexity index is 496. The molecule has 0 aromatic carbocycles. The van der Waals surface area contributed by atoms with Gasteiger partial charge in [-0.2, -0.15) is 0 Å². The number of hydrogen-bond acceptors (Lipinski definition) is 4. The Morgan fingerprint density at radius 2 is 2.38 bits per heavy atom.